The molecule has 1 unspecified atom stereocenters. The molecular weight excluding hydrogens is 340 g/mol. The summed E-state index contributed by atoms with van der Waals surface area (Å²) < 4.78 is 51.5. The van der Waals surface area contributed by atoms with Gasteiger partial charge in [-0.15, -0.1) is 0 Å². The molecule has 7 nitrogen and oxygen atoms in total. The minimum atomic E-state index is -4.06. The third-order valence-corrected chi connectivity index (χ3v) is 4.66. The van der Waals surface area contributed by atoms with Gasteiger partial charge in [0.2, 0.25) is 10.0 Å². The number of nitrogens with two attached hydrogens (primary N) is 1. The van der Waals surface area contributed by atoms with Gasteiger partial charge in [-0.3, -0.25) is 8.51 Å². The Morgan fingerprint density at radius 2 is 2.10 bits per heavy atom. The summed E-state index contributed by atoms with van der Waals surface area (Å²) in [5.41, 5.74) is 0.105. The van der Waals surface area contributed by atoms with Crippen LogP contribution in [0.3, 0.4) is 0 Å². The summed E-state index contributed by atoms with van der Waals surface area (Å²) in [6.45, 7) is -0.0885. The molecule has 2 rings (SSSR count). The quantitative estimate of drug-likeness (QED) is 0.818. The average molecular weight is 350 g/mol. The molecule has 0 saturated carbocycles. The van der Waals surface area contributed by atoms with E-state index < -0.39 is 21.3 Å². The Hall–Kier alpha value is -1.39. The lowest BCUT2D eigenvalue weighted by molar-refractivity contribution is 0.499. The number of hydrogen-bond donors (Lipinski definition) is 1. The Kier molecular flexibility index (Phi) is 4.69. The molecule has 2 N–H and O–H groups in total. The monoisotopic (exact) mass is 349 g/mol. The van der Waals surface area contributed by atoms with E-state index in [1.807, 2.05) is 0 Å². The highest BCUT2D eigenvalue weighted by Crippen LogP contribution is 2.27. The van der Waals surface area contributed by atoms with Crippen LogP contribution in [0.1, 0.15) is 5.76 Å². The zero-order valence-corrected chi connectivity index (χ0v) is 12.8. The molecule has 1 heterocycles. The number of anilines is 1. The molecule has 0 aliphatic rings. The summed E-state index contributed by atoms with van der Waals surface area (Å²) in [4.78, 5) is -0.350. The fourth-order valence-electron chi connectivity index (χ4n) is 1.64. The lowest BCUT2D eigenvalue weighted by atomic mass is 10.3. The average Bonchev–Trinajstić information content (AvgIpc) is 2.88. The Bertz CT molecular complexity index is 761. The van der Waals surface area contributed by atoms with E-state index in [0.717, 1.165) is 10.4 Å². The highest BCUT2D eigenvalue weighted by molar-refractivity contribution is 7.89. The van der Waals surface area contributed by atoms with Gasteiger partial charge < -0.3 is 8.97 Å². The maximum absolute atomic E-state index is 11.4. The molecule has 1 aromatic heterocycles. The van der Waals surface area contributed by atoms with Gasteiger partial charge in [-0.1, -0.05) is 11.6 Å². The van der Waals surface area contributed by atoms with Crippen LogP contribution in [0.4, 0.5) is 5.69 Å². The topological polar surface area (TPSA) is 117 Å². The fourth-order valence-corrected chi connectivity index (χ4v) is 3.22. The SMILES string of the molecule is NS(=O)(=O)c1cc(N(Cc2ccco2)S(=O)[O-])ccc1Cl. The van der Waals surface area contributed by atoms with Crippen LogP contribution in [0.15, 0.2) is 45.9 Å². The van der Waals surface area contributed by atoms with Crippen LogP contribution in [0.5, 0.6) is 0 Å². The Labute approximate surface area is 128 Å². The number of rotatable bonds is 5. The molecule has 0 aliphatic heterocycles. The summed E-state index contributed by atoms with van der Waals surface area (Å²) in [6, 6.07) is 6.93. The van der Waals surface area contributed by atoms with Crippen LogP contribution >= 0.6 is 11.6 Å². The van der Waals surface area contributed by atoms with Crippen LogP contribution in [0, 0.1) is 0 Å². The number of furan rings is 1. The minimum Gasteiger partial charge on any atom is -0.755 e. The van der Waals surface area contributed by atoms with E-state index in [1.165, 1.54) is 18.4 Å². The molecule has 0 aliphatic carbocycles. The van der Waals surface area contributed by atoms with Crippen molar-refractivity contribution in [3.8, 4) is 0 Å². The molecule has 10 heteroatoms. The first-order valence-corrected chi connectivity index (χ1v) is 8.46. The van der Waals surface area contributed by atoms with Crippen LogP contribution in [0.2, 0.25) is 5.02 Å². The molecule has 0 saturated heterocycles. The van der Waals surface area contributed by atoms with Crippen LogP contribution in [-0.4, -0.2) is 17.2 Å². The van der Waals surface area contributed by atoms with Gasteiger partial charge in [0, 0.05) is 11.3 Å². The van der Waals surface area contributed by atoms with E-state index in [0.29, 0.717) is 5.76 Å². The predicted molar refractivity (Wildman–Crippen MR) is 76.6 cm³/mol. The smallest absolute Gasteiger partial charge is 0.239 e. The third-order valence-electron chi connectivity index (χ3n) is 2.57. The van der Waals surface area contributed by atoms with Gasteiger partial charge in [0.15, 0.2) is 0 Å². The van der Waals surface area contributed by atoms with Crippen molar-refractivity contribution in [3.05, 3.63) is 47.4 Å². The Morgan fingerprint density at radius 1 is 1.38 bits per heavy atom. The Balaban J connectivity index is 2.44. The lowest BCUT2D eigenvalue weighted by Gasteiger charge is -2.25. The summed E-state index contributed by atoms with van der Waals surface area (Å²) >= 11 is 3.12. The summed E-state index contributed by atoms with van der Waals surface area (Å²) in [7, 11) is -4.06. The van der Waals surface area contributed by atoms with Gasteiger partial charge in [-0.25, -0.2) is 13.6 Å². The first-order valence-electron chi connectivity index (χ1n) is 5.50. The van der Waals surface area contributed by atoms with Crippen LogP contribution in [-0.2, 0) is 27.8 Å². The van der Waals surface area contributed by atoms with Crippen molar-refractivity contribution >= 4 is 38.6 Å². The highest BCUT2D eigenvalue weighted by atomic mass is 35.5. The molecule has 0 amide bonds. The van der Waals surface area contributed by atoms with Gasteiger partial charge in [0.25, 0.3) is 0 Å². The van der Waals surface area contributed by atoms with Crippen molar-refractivity contribution in [1.82, 2.24) is 0 Å². The minimum absolute atomic E-state index is 0.0871. The lowest BCUT2D eigenvalue weighted by Crippen LogP contribution is -2.25. The molecule has 0 bridgehead atoms. The molecular formula is C11H10ClN2O5S2-. The largest absolute Gasteiger partial charge is 0.755 e. The van der Waals surface area contributed by atoms with E-state index in [9.17, 15) is 17.2 Å². The van der Waals surface area contributed by atoms with E-state index in [4.69, 9.17) is 21.2 Å². The van der Waals surface area contributed by atoms with Crippen molar-refractivity contribution in [3.63, 3.8) is 0 Å². The van der Waals surface area contributed by atoms with Crippen molar-refractivity contribution in [2.75, 3.05) is 4.31 Å². The molecule has 1 atom stereocenters. The van der Waals surface area contributed by atoms with E-state index >= 15 is 0 Å². The zero-order chi connectivity index (χ0) is 15.6. The fraction of sp³-hybridized carbons (Fsp3) is 0.0909. The maximum atomic E-state index is 11.4. The molecule has 0 radical (unpaired) electrons. The maximum Gasteiger partial charge on any atom is 0.239 e. The van der Waals surface area contributed by atoms with Crippen molar-refractivity contribution in [1.29, 1.82) is 0 Å². The molecule has 21 heavy (non-hydrogen) atoms. The molecule has 114 valence electrons. The van der Waals surface area contributed by atoms with E-state index in [1.54, 1.807) is 12.1 Å². The number of benzene rings is 1. The van der Waals surface area contributed by atoms with Gasteiger partial charge in [-0.05, 0) is 30.3 Å². The van der Waals surface area contributed by atoms with E-state index in [2.05, 4.69) is 0 Å². The summed E-state index contributed by atoms with van der Waals surface area (Å²) in [6.07, 6.45) is 1.40. The first kappa shape index (κ1) is 16.0. The number of nitrogens with zero attached hydrogens (tertiary/aromatic N) is 1. The Morgan fingerprint density at radius 3 is 2.62 bits per heavy atom. The molecule has 2 aromatic rings. The molecule has 1 aromatic carbocycles. The molecule has 0 spiro atoms. The van der Waals surface area contributed by atoms with Gasteiger partial charge in [0.1, 0.15) is 10.7 Å². The van der Waals surface area contributed by atoms with E-state index in [-0.39, 0.29) is 22.2 Å². The number of primary sulfonamides is 1. The third kappa shape index (κ3) is 3.83. The van der Waals surface area contributed by atoms with Crippen molar-refractivity contribution in [2.45, 2.75) is 11.4 Å². The first-order chi connectivity index (χ1) is 9.79. The number of sulfonamides is 1. The van der Waals surface area contributed by atoms with Crippen LogP contribution in [0.25, 0.3) is 0 Å². The predicted octanol–water partition coefficient (Wildman–Crippen LogP) is 1.38. The van der Waals surface area contributed by atoms with Gasteiger partial charge >= 0.3 is 0 Å². The summed E-state index contributed by atoms with van der Waals surface area (Å²) in [5.74, 6) is 0.395. The molecule has 0 fully saturated rings. The standard InChI is InChI=1S/C11H11ClN2O5S2/c12-10-4-3-8(6-11(10)21(13,17)18)14(20(15)16)7-9-2-1-5-19-9/h1-6H,7H2,(H,15,16)(H2,13,17,18)/p-1. The zero-order valence-electron chi connectivity index (χ0n) is 10.4. The number of hydrogen-bond acceptors (Lipinski definition) is 5. The normalized spacial score (nSPS) is 13.1. The van der Waals surface area contributed by atoms with Gasteiger partial charge in [0.05, 0.1) is 23.5 Å². The van der Waals surface area contributed by atoms with Crippen molar-refractivity contribution < 1.29 is 21.6 Å². The van der Waals surface area contributed by atoms with Crippen LogP contribution < -0.4 is 9.44 Å². The van der Waals surface area contributed by atoms with Gasteiger partial charge in [-0.2, -0.15) is 0 Å². The number of halogens is 1. The second-order valence-corrected chi connectivity index (χ2v) is 6.80. The second-order valence-electron chi connectivity index (χ2n) is 3.99. The summed E-state index contributed by atoms with van der Waals surface area (Å²) in [5, 5.41) is 4.95. The highest BCUT2D eigenvalue weighted by Gasteiger charge is 2.17. The second kappa shape index (κ2) is 6.16. The van der Waals surface area contributed by atoms with Crippen molar-refractivity contribution in [2.24, 2.45) is 5.14 Å².